The van der Waals surface area contributed by atoms with Crippen molar-refractivity contribution in [1.82, 2.24) is 4.90 Å². The maximum atomic E-state index is 10.6. The predicted octanol–water partition coefficient (Wildman–Crippen LogP) is 3.55. The molecule has 0 amide bonds. The van der Waals surface area contributed by atoms with Crippen LogP contribution in [-0.4, -0.2) is 28.6 Å². The first kappa shape index (κ1) is 14.3. The zero-order chi connectivity index (χ0) is 14.7. The molecular formula is C18H23NO2. The Bertz CT molecular complexity index is 538. The molecule has 112 valence electrons. The second-order valence-electron chi connectivity index (χ2n) is 6.29. The van der Waals surface area contributed by atoms with Gasteiger partial charge >= 0.3 is 5.97 Å². The third-order valence-corrected chi connectivity index (χ3v) is 4.88. The molecule has 1 aromatic rings. The van der Waals surface area contributed by atoms with Crippen LogP contribution in [0.4, 0.5) is 0 Å². The van der Waals surface area contributed by atoms with Crippen molar-refractivity contribution in [3.05, 3.63) is 41.5 Å². The first-order chi connectivity index (χ1) is 10.2. The molecule has 2 fully saturated rings. The van der Waals surface area contributed by atoms with E-state index in [2.05, 4.69) is 17.0 Å². The van der Waals surface area contributed by atoms with Gasteiger partial charge in [0, 0.05) is 18.7 Å². The highest BCUT2D eigenvalue weighted by atomic mass is 16.4. The van der Waals surface area contributed by atoms with Crippen LogP contribution in [0.25, 0.3) is 6.08 Å². The van der Waals surface area contributed by atoms with E-state index in [-0.39, 0.29) is 0 Å². The Morgan fingerprint density at radius 1 is 1.29 bits per heavy atom. The summed E-state index contributed by atoms with van der Waals surface area (Å²) < 4.78 is 0. The van der Waals surface area contributed by atoms with Crippen LogP contribution in [0.1, 0.15) is 43.2 Å². The van der Waals surface area contributed by atoms with E-state index >= 15 is 0 Å². The molecule has 1 aliphatic carbocycles. The summed E-state index contributed by atoms with van der Waals surface area (Å²) >= 11 is 0. The van der Waals surface area contributed by atoms with Gasteiger partial charge in [0.1, 0.15) is 0 Å². The second-order valence-corrected chi connectivity index (χ2v) is 6.29. The van der Waals surface area contributed by atoms with Gasteiger partial charge in [-0.1, -0.05) is 37.1 Å². The number of carbonyl (C=O) groups is 1. The lowest BCUT2D eigenvalue weighted by atomic mass is 9.85. The van der Waals surface area contributed by atoms with Gasteiger partial charge in [0.2, 0.25) is 0 Å². The van der Waals surface area contributed by atoms with Crippen molar-refractivity contribution in [2.24, 2.45) is 5.92 Å². The summed E-state index contributed by atoms with van der Waals surface area (Å²) in [6.45, 7) is 2.21. The number of rotatable bonds is 4. The van der Waals surface area contributed by atoms with Gasteiger partial charge in [-0.25, -0.2) is 4.79 Å². The molecule has 1 N–H and O–H groups in total. The number of carboxylic acids is 1. The van der Waals surface area contributed by atoms with Gasteiger partial charge in [0.15, 0.2) is 0 Å². The van der Waals surface area contributed by atoms with Crippen molar-refractivity contribution in [3.8, 4) is 0 Å². The molecule has 1 saturated carbocycles. The summed E-state index contributed by atoms with van der Waals surface area (Å²) in [6.07, 6.45) is 9.75. The molecule has 0 spiro atoms. The van der Waals surface area contributed by atoms with Crippen molar-refractivity contribution in [2.45, 2.75) is 44.7 Å². The van der Waals surface area contributed by atoms with Crippen LogP contribution in [-0.2, 0) is 11.3 Å². The second kappa shape index (κ2) is 6.44. The number of nitrogens with zero attached hydrogens (tertiary/aromatic N) is 1. The number of carboxylic acid groups (broad SMARTS) is 1. The zero-order valence-corrected chi connectivity index (χ0v) is 12.4. The summed E-state index contributed by atoms with van der Waals surface area (Å²) in [5, 5.41) is 8.71. The Labute approximate surface area is 126 Å². The minimum atomic E-state index is -0.898. The minimum absolute atomic E-state index is 0.775. The van der Waals surface area contributed by atoms with Crippen LogP contribution >= 0.6 is 0 Å². The van der Waals surface area contributed by atoms with Crippen LogP contribution in [0.2, 0.25) is 0 Å². The third kappa shape index (κ3) is 3.53. The third-order valence-electron chi connectivity index (χ3n) is 4.88. The largest absolute Gasteiger partial charge is 0.478 e. The van der Waals surface area contributed by atoms with E-state index in [4.69, 9.17) is 5.11 Å². The van der Waals surface area contributed by atoms with Gasteiger partial charge in [0.25, 0.3) is 0 Å². The monoisotopic (exact) mass is 285 g/mol. The number of aliphatic carboxylic acids is 1. The first-order valence-corrected chi connectivity index (χ1v) is 7.96. The number of fused-ring (bicyclic) bond motifs is 1. The van der Waals surface area contributed by atoms with E-state index in [1.807, 2.05) is 12.1 Å². The Balaban J connectivity index is 1.67. The van der Waals surface area contributed by atoms with E-state index in [1.165, 1.54) is 50.3 Å². The lowest BCUT2D eigenvalue weighted by Crippen LogP contribution is -2.34. The lowest BCUT2D eigenvalue weighted by Gasteiger charge is -2.31. The van der Waals surface area contributed by atoms with E-state index in [1.54, 1.807) is 6.08 Å². The standard InChI is InChI=1S/C18H23NO2/c20-18(21)9-8-14-4-3-5-15(12-14)13-19-11-10-16-6-1-2-7-17(16)19/h3-5,8-9,12,16-17H,1-2,6-7,10-11,13H2,(H,20,21)/b9-8+. The summed E-state index contributed by atoms with van der Waals surface area (Å²) in [5.74, 6) is 0.0128. The Morgan fingerprint density at radius 2 is 2.14 bits per heavy atom. The SMILES string of the molecule is O=C(O)/C=C/c1cccc(CN2CCC3CCCCC32)c1. The van der Waals surface area contributed by atoms with Crippen molar-refractivity contribution >= 4 is 12.0 Å². The smallest absolute Gasteiger partial charge is 0.328 e. The fraction of sp³-hybridized carbons (Fsp3) is 0.500. The quantitative estimate of drug-likeness (QED) is 0.860. The van der Waals surface area contributed by atoms with Gasteiger partial charge in [0.05, 0.1) is 0 Å². The molecule has 2 aliphatic rings. The normalized spacial score (nSPS) is 26.1. The molecule has 0 radical (unpaired) electrons. The maximum Gasteiger partial charge on any atom is 0.328 e. The van der Waals surface area contributed by atoms with Gasteiger partial charge in [-0.2, -0.15) is 0 Å². The zero-order valence-electron chi connectivity index (χ0n) is 12.4. The van der Waals surface area contributed by atoms with Gasteiger partial charge in [-0.05, 0) is 48.9 Å². The summed E-state index contributed by atoms with van der Waals surface area (Å²) in [4.78, 5) is 13.2. The number of likely N-dealkylation sites (tertiary alicyclic amines) is 1. The molecule has 1 heterocycles. The number of benzene rings is 1. The Kier molecular flexibility index (Phi) is 4.39. The van der Waals surface area contributed by atoms with Gasteiger partial charge < -0.3 is 5.11 Å². The van der Waals surface area contributed by atoms with Crippen molar-refractivity contribution < 1.29 is 9.90 Å². The van der Waals surface area contributed by atoms with Gasteiger partial charge in [-0.15, -0.1) is 0 Å². The van der Waals surface area contributed by atoms with Crippen molar-refractivity contribution in [2.75, 3.05) is 6.54 Å². The lowest BCUT2D eigenvalue weighted by molar-refractivity contribution is -0.131. The highest BCUT2D eigenvalue weighted by Crippen LogP contribution is 2.36. The summed E-state index contributed by atoms with van der Waals surface area (Å²) in [7, 11) is 0. The molecule has 21 heavy (non-hydrogen) atoms. The average Bonchev–Trinajstić information content (AvgIpc) is 2.89. The fourth-order valence-electron chi connectivity index (χ4n) is 3.90. The molecule has 1 saturated heterocycles. The Hall–Kier alpha value is -1.61. The molecule has 2 unspecified atom stereocenters. The molecule has 3 rings (SSSR count). The topological polar surface area (TPSA) is 40.5 Å². The van der Waals surface area contributed by atoms with Crippen LogP contribution in [0.5, 0.6) is 0 Å². The highest BCUT2D eigenvalue weighted by molar-refractivity contribution is 5.85. The van der Waals surface area contributed by atoms with Crippen LogP contribution < -0.4 is 0 Å². The summed E-state index contributed by atoms with van der Waals surface area (Å²) in [5.41, 5.74) is 2.25. The molecule has 0 aromatic heterocycles. The average molecular weight is 285 g/mol. The predicted molar refractivity (Wildman–Crippen MR) is 83.9 cm³/mol. The molecule has 1 aliphatic heterocycles. The fourth-order valence-corrected chi connectivity index (χ4v) is 3.90. The molecular weight excluding hydrogens is 262 g/mol. The van der Waals surface area contributed by atoms with Crippen LogP contribution in [0.3, 0.4) is 0 Å². The number of hydrogen-bond acceptors (Lipinski definition) is 2. The molecule has 2 atom stereocenters. The van der Waals surface area contributed by atoms with Crippen molar-refractivity contribution in [1.29, 1.82) is 0 Å². The summed E-state index contributed by atoms with van der Waals surface area (Å²) in [6, 6.07) is 9.00. The molecule has 3 heteroatoms. The maximum absolute atomic E-state index is 10.6. The van der Waals surface area contributed by atoms with E-state index in [0.29, 0.717) is 0 Å². The van der Waals surface area contributed by atoms with E-state index in [0.717, 1.165) is 24.1 Å². The Morgan fingerprint density at radius 3 is 3.00 bits per heavy atom. The van der Waals surface area contributed by atoms with Crippen molar-refractivity contribution in [3.63, 3.8) is 0 Å². The van der Waals surface area contributed by atoms with Gasteiger partial charge in [-0.3, -0.25) is 4.90 Å². The minimum Gasteiger partial charge on any atom is -0.478 e. The molecule has 3 nitrogen and oxygen atoms in total. The van der Waals surface area contributed by atoms with E-state index in [9.17, 15) is 4.79 Å². The highest BCUT2D eigenvalue weighted by Gasteiger charge is 2.35. The molecule has 0 bridgehead atoms. The van der Waals surface area contributed by atoms with E-state index < -0.39 is 5.97 Å². The molecule has 1 aromatic carbocycles. The van der Waals surface area contributed by atoms with Crippen LogP contribution in [0.15, 0.2) is 30.3 Å². The number of hydrogen-bond donors (Lipinski definition) is 1. The van der Waals surface area contributed by atoms with Crippen LogP contribution in [0, 0.1) is 5.92 Å². The first-order valence-electron chi connectivity index (χ1n) is 7.96.